The van der Waals surface area contributed by atoms with E-state index in [1.54, 1.807) is 31.1 Å². The number of hydrogen-bond donors (Lipinski definition) is 1. The highest BCUT2D eigenvalue weighted by molar-refractivity contribution is 8.21. The first kappa shape index (κ1) is 19.2. The number of rotatable bonds is 3. The average molecular weight is 405 g/mol. The summed E-state index contributed by atoms with van der Waals surface area (Å²) in [6.45, 7) is 0. The van der Waals surface area contributed by atoms with Crippen LogP contribution in [0.4, 0.5) is 5.69 Å². The van der Waals surface area contributed by atoms with Crippen molar-refractivity contribution in [2.75, 3.05) is 30.9 Å². The van der Waals surface area contributed by atoms with Crippen molar-refractivity contribution in [3.05, 3.63) is 29.8 Å². The molecule has 2 unspecified atom stereocenters. The number of carbonyl (C=O) groups excluding carboxylic acids is 2. The van der Waals surface area contributed by atoms with E-state index in [1.807, 2.05) is 12.1 Å². The van der Waals surface area contributed by atoms with E-state index in [9.17, 15) is 9.59 Å². The van der Waals surface area contributed by atoms with Gasteiger partial charge in [-0.25, -0.2) is 0 Å². The van der Waals surface area contributed by atoms with Crippen LogP contribution in [0.15, 0.2) is 24.3 Å². The predicted molar refractivity (Wildman–Crippen MR) is 114 cm³/mol. The van der Waals surface area contributed by atoms with Crippen molar-refractivity contribution >= 4 is 41.0 Å². The molecule has 2 amide bonds. The maximum Gasteiger partial charge on any atom is 0.253 e. The topological polar surface area (TPSA) is 49.4 Å². The van der Waals surface area contributed by atoms with Crippen LogP contribution in [0.3, 0.4) is 0 Å². The minimum atomic E-state index is -0.0233. The standard InChI is InChI=1S/C21H28N2O2S2/c1-23(2)20(25)14-6-8-18(9-7-14)22-19(24)15-12-16-4-3-5-17(13-15)21(16)26-10-11-27-21/h6-9,15-17H,3-5,10-13H2,1-2H3,(H,22,24). The summed E-state index contributed by atoms with van der Waals surface area (Å²) < 4.78 is 0.406. The van der Waals surface area contributed by atoms with Crippen molar-refractivity contribution in [1.29, 1.82) is 0 Å². The van der Waals surface area contributed by atoms with E-state index in [-0.39, 0.29) is 17.7 Å². The molecular weight excluding hydrogens is 376 g/mol. The molecule has 4 rings (SSSR count). The minimum Gasteiger partial charge on any atom is -0.345 e. The van der Waals surface area contributed by atoms with Crippen molar-refractivity contribution in [3.8, 4) is 0 Å². The van der Waals surface area contributed by atoms with Crippen molar-refractivity contribution in [3.63, 3.8) is 0 Å². The lowest BCUT2D eigenvalue weighted by Crippen LogP contribution is -2.48. The molecule has 1 N–H and O–H groups in total. The van der Waals surface area contributed by atoms with E-state index in [0.717, 1.165) is 18.5 Å². The van der Waals surface area contributed by atoms with Crippen LogP contribution in [-0.4, -0.2) is 46.4 Å². The molecule has 0 radical (unpaired) electrons. The zero-order valence-electron chi connectivity index (χ0n) is 16.1. The lowest BCUT2D eigenvalue weighted by molar-refractivity contribution is -0.122. The molecule has 2 aliphatic carbocycles. The second-order valence-corrected chi connectivity index (χ2v) is 11.2. The molecule has 1 spiro atoms. The van der Waals surface area contributed by atoms with Crippen molar-refractivity contribution in [2.24, 2.45) is 17.8 Å². The lowest BCUT2D eigenvalue weighted by Gasteiger charge is -2.52. The molecule has 2 saturated carbocycles. The lowest BCUT2D eigenvalue weighted by atomic mass is 9.67. The van der Waals surface area contributed by atoms with Crippen LogP contribution >= 0.6 is 23.5 Å². The summed E-state index contributed by atoms with van der Waals surface area (Å²) in [4.78, 5) is 26.5. The summed E-state index contributed by atoms with van der Waals surface area (Å²) >= 11 is 4.35. The second kappa shape index (κ2) is 7.70. The smallest absolute Gasteiger partial charge is 0.253 e. The number of hydrogen-bond acceptors (Lipinski definition) is 4. The number of benzene rings is 1. The van der Waals surface area contributed by atoms with Gasteiger partial charge in [0.15, 0.2) is 0 Å². The third kappa shape index (κ3) is 3.63. The van der Waals surface area contributed by atoms with Gasteiger partial charge in [-0.05, 0) is 61.8 Å². The Morgan fingerprint density at radius 1 is 1.04 bits per heavy atom. The number of carbonyl (C=O) groups is 2. The molecule has 1 saturated heterocycles. The Morgan fingerprint density at radius 2 is 1.63 bits per heavy atom. The van der Waals surface area contributed by atoms with E-state index >= 15 is 0 Å². The molecule has 1 aliphatic heterocycles. The fraction of sp³-hybridized carbons (Fsp3) is 0.619. The Bertz CT molecular complexity index is 697. The van der Waals surface area contributed by atoms with Gasteiger partial charge in [-0.1, -0.05) is 6.42 Å². The van der Waals surface area contributed by atoms with Crippen molar-refractivity contribution in [1.82, 2.24) is 4.90 Å². The summed E-state index contributed by atoms with van der Waals surface area (Å²) in [5, 5.41) is 3.10. The fourth-order valence-electron chi connectivity index (χ4n) is 5.02. The Labute approximate surface area is 170 Å². The summed E-state index contributed by atoms with van der Waals surface area (Å²) in [5.74, 6) is 4.15. The highest BCUT2D eigenvalue weighted by atomic mass is 32.2. The van der Waals surface area contributed by atoms with Gasteiger partial charge in [0.1, 0.15) is 0 Å². The monoisotopic (exact) mass is 404 g/mol. The van der Waals surface area contributed by atoms with E-state index in [4.69, 9.17) is 0 Å². The zero-order valence-corrected chi connectivity index (χ0v) is 17.7. The van der Waals surface area contributed by atoms with Gasteiger partial charge >= 0.3 is 0 Å². The van der Waals surface area contributed by atoms with E-state index in [2.05, 4.69) is 28.8 Å². The SMILES string of the molecule is CN(C)C(=O)c1ccc(NC(=O)C2CC3CCCC(C2)C32SCCS2)cc1. The summed E-state index contributed by atoms with van der Waals surface area (Å²) in [6.07, 6.45) is 5.94. The number of nitrogens with one attached hydrogen (secondary N) is 1. The van der Waals surface area contributed by atoms with Crippen molar-refractivity contribution < 1.29 is 9.59 Å². The summed E-state index contributed by atoms with van der Waals surface area (Å²) in [7, 11) is 3.48. The van der Waals surface area contributed by atoms with Gasteiger partial charge in [0.25, 0.3) is 5.91 Å². The normalized spacial score (nSPS) is 28.7. The predicted octanol–water partition coefficient (Wildman–Crippen LogP) is 4.33. The molecule has 1 heterocycles. The molecule has 3 fully saturated rings. The van der Waals surface area contributed by atoms with Gasteiger partial charge in [-0.15, -0.1) is 23.5 Å². The Morgan fingerprint density at radius 3 is 2.19 bits per heavy atom. The Balaban J connectivity index is 1.41. The number of anilines is 1. The largest absolute Gasteiger partial charge is 0.345 e. The molecule has 0 aromatic heterocycles. The van der Waals surface area contributed by atoms with Crippen LogP contribution in [0.1, 0.15) is 42.5 Å². The minimum absolute atomic E-state index is 0.0233. The molecule has 1 aromatic carbocycles. The van der Waals surface area contributed by atoms with Crippen LogP contribution in [0.2, 0.25) is 0 Å². The number of amides is 2. The Kier molecular flexibility index (Phi) is 5.48. The van der Waals surface area contributed by atoms with Crippen LogP contribution in [-0.2, 0) is 4.79 Å². The fourth-order valence-corrected chi connectivity index (χ4v) is 8.96. The van der Waals surface area contributed by atoms with Crippen LogP contribution < -0.4 is 5.32 Å². The molecule has 2 bridgehead atoms. The average Bonchev–Trinajstić information content (AvgIpc) is 3.11. The third-order valence-corrected chi connectivity index (χ3v) is 10.3. The van der Waals surface area contributed by atoms with E-state index in [0.29, 0.717) is 21.5 Å². The highest BCUT2D eigenvalue weighted by Crippen LogP contribution is 2.64. The van der Waals surface area contributed by atoms with E-state index in [1.165, 1.54) is 30.8 Å². The quantitative estimate of drug-likeness (QED) is 0.815. The molecular formula is C21H28N2O2S2. The van der Waals surface area contributed by atoms with Gasteiger partial charge < -0.3 is 10.2 Å². The number of nitrogens with zero attached hydrogens (tertiary/aromatic N) is 1. The second-order valence-electron chi connectivity index (χ2n) is 8.18. The zero-order chi connectivity index (χ0) is 19.0. The van der Waals surface area contributed by atoms with E-state index < -0.39 is 0 Å². The van der Waals surface area contributed by atoms with Gasteiger partial charge in [0.2, 0.25) is 5.91 Å². The van der Waals surface area contributed by atoms with Crippen LogP contribution in [0.25, 0.3) is 0 Å². The number of thioether (sulfide) groups is 2. The molecule has 4 nitrogen and oxygen atoms in total. The molecule has 27 heavy (non-hydrogen) atoms. The van der Waals surface area contributed by atoms with Crippen LogP contribution in [0, 0.1) is 17.8 Å². The van der Waals surface area contributed by atoms with Gasteiger partial charge in [0, 0.05) is 42.8 Å². The maximum absolute atomic E-state index is 12.9. The summed E-state index contributed by atoms with van der Waals surface area (Å²) in [6, 6.07) is 7.24. The first-order valence-corrected chi connectivity index (χ1v) is 11.9. The first-order chi connectivity index (χ1) is 13.0. The molecule has 6 heteroatoms. The summed E-state index contributed by atoms with van der Waals surface area (Å²) in [5.41, 5.74) is 1.42. The Hall–Kier alpha value is -1.14. The molecule has 146 valence electrons. The van der Waals surface area contributed by atoms with Gasteiger partial charge in [-0.2, -0.15) is 0 Å². The highest BCUT2D eigenvalue weighted by Gasteiger charge is 2.55. The molecule has 1 aromatic rings. The molecule has 3 aliphatic rings. The van der Waals surface area contributed by atoms with Gasteiger partial charge in [-0.3, -0.25) is 9.59 Å². The van der Waals surface area contributed by atoms with Crippen molar-refractivity contribution in [2.45, 2.75) is 36.2 Å². The molecule has 2 atom stereocenters. The third-order valence-electron chi connectivity index (χ3n) is 6.30. The maximum atomic E-state index is 12.9. The van der Waals surface area contributed by atoms with Crippen LogP contribution in [0.5, 0.6) is 0 Å². The first-order valence-electron chi connectivity index (χ1n) is 9.90. The van der Waals surface area contributed by atoms with Gasteiger partial charge in [0.05, 0.1) is 4.08 Å².